The predicted octanol–water partition coefficient (Wildman–Crippen LogP) is 0.319. The Morgan fingerprint density at radius 2 is 2.11 bits per heavy atom. The van der Waals surface area contributed by atoms with Crippen molar-refractivity contribution in [3.05, 3.63) is 0 Å². The van der Waals surface area contributed by atoms with Crippen molar-refractivity contribution < 1.29 is 0 Å². The Labute approximate surface area is 56.6 Å². The molecule has 0 aliphatic heterocycles. The maximum Gasteiger partial charge on any atom is 0.00967 e. The molecule has 9 heavy (non-hydrogen) atoms. The summed E-state index contributed by atoms with van der Waals surface area (Å²) >= 11 is 0. The maximum atomic E-state index is 5.77. The van der Waals surface area contributed by atoms with Crippen LogP contribution in [0.4, 0.5) is 0 Å². The van der Waals surface area contributed by atoms with Crippen molar-refractivity contribution in [3.8, 4) is 0 Å². The SMILES string of the molecule is CC1(C)[C@H](CN)C[C@H]1N. The van der Waals surface area contributed by atoms with E-state index >= 15 is 0 Å². The summed E-state index contributed by atoms with van der Waals surface area (Å²) in [7, 11) is 0. The first kappa shape index (κ1) is 7.03. The van der Waals surface area contributed by atoms with E-state index in [1.165, 1.54) is 0 Å². The van der Waals surface area contributed by atoms with Gasteiger partial charge in [-0.2, -0.15) is 0 Å². The molecule has 1 aliphatic carbocycles. The Balaban J connectivity index is 2.48. The fourth-order valence-corrected chi connectivity index (χ4v) is 1.46. The van der Waals surface area contributed by atoms with Gasteiger partial charge >= 0.3 is 0 Å². The zero-order valence-electron chi connectivity index (χ0n) is 6.22. The van der Waals surface area contributed by atoms with Gasteiger partial charge in [-0.05, 0) is 24.3 Å². The van der Waals surface area contributed by atoms with Gasteiger partial charge in [0.1, 0.15) is 0 Å². The molecule has 1 saturated carbocycles. The third kappa shape index (κ3) is 0.864. The molecule has 0 spiro atoms. The smallest absolute Gasteiger partial charge is 0.00967 e. The van der Waals surface area contributed by atoms with Crippen molar-refractivity contribution in [1.29, 1.82) is 0 Å². The van der Waals surface area contributed by atoms with Crippen LogP contribution in [0, 0.1) is 11.3 Å². The highest BCUT2D eigenvalue weighted by atomic mass is 14.8. The van der Waals surface area contributed by atoms with Gasteiger partial charge in [0, 0.05) is 6.04 Å². The molecule has 4 N–H and O–H groups in total. The zero-order valence-corrected chi connectivity index (χ0v) is 6.22. The summed E-state index contributed by atoms with van der Waals surface area (Å²) in [6, 6.07) is 0.381. The van der Waals surface area contributed by atoms with Crippen molar-refractivity contribution in [2.24, 2.45) is 22.8 Å². The van der Waals surface area contributed by atoms with Gasteiger partial charge in [0.25, 0.3) is 0 Å². The van der Waals surface area contributed by atoms with E-state index in [2.05, 4.69) is 13.8 Å². The minimum atomic E-state index is 0.300. The molecule has 0 aromatic rings. The summed E-state index contributed by atoms with van der Waals surface area (Å²) in [6.45, 7) is 5.18. The Morgan fingerprint density at radius 3 is 2.22 bits per heavy atom. The Kier molecular flexibility index (Phi) is 1.53. The number of rotatable bonds is 1. The second kappa shape index (κ2) is 1.96. The molecule has 2 nitrogen and oxygen atoms in total. The van der Waals surface area contributed by atoms with E-state index in [-0.39, 0.29) is 0 Å². The summed E-state index contributed by atoms with van der Waals surface area (Å²) < 4.78 is 0. The normalized spacial score (nSPS) is 40.0. The molecular formula is C7H16N2. The van der Waals surface area contributed by atoms with Crippen molar-refractivity contribution in [1.82, 2.24) is 0 Å². The molecule has 0 heterocycles. The van der Waals surface area contributed by atoms with Crippen molar-refractivity contribution in [2.75, 3.05) is 6.54 Å². The third-order valence-corrected chi connectivity index (χ3v) is 2.83. The first-order valence-electron chi connectivity index (χ1n) is 3.54. The Morgan fingerprint density at radius 1 is 1.56 bits per heavy atom. The van der Waals surface area contributed by atoms with Crippen LogP contribution in [0.15, 0.2) is 0 Å². The van der Waals surface area contributed by atoms with Crippen LogP contribution < -0.4 is 11.5 Å². The van der Waals surface area contributed by atoms with Gasteiger partial charge in [0.15, 0.2) is 0 Å². The molecule has 0 saturated heterocycles. The first-order valence-corrected chi connectivity index (χ1v) is 3.54. The van der Waals surface area contributed by atoms with E-state index in [4.69, 9.17) is 11.5 Å². The molecule has 2 atom stereocenters. The molecule has 0 aromatic carbocycles. The van der Waals surface area contributed by atoms with Crippen molar-refractivity contribution in [2.45, 2.75) is 26.3 Å². The van der Waals surface area contributed by atoms with Crippen LogP contribution in [0.25, 0.3) is 0 Å². The molecule has 0 radical (unpaired) electrons. The van der Waals surface area contributed by atoms with Gasteiger partial charge < -0.3 is 11.5 Å². The zero-order chi connectivity index (χ0) is 7.07. The summed E-state index contributed by atoms with van der Waals surface area (Å²) in [5.41, 5.74) is 11.6. The molecule has 0 amide bonds. The summed E-state index contributed by atoms with van der Waals surface area (Å²) in [5, 5.41) is 0. The minimum absolute atomic E-state index is 0.300. The molecule has 0 unspecified atom stereocenters. The van der Waals surface area contributed by atoms with E-state index in [0.717, 1.165) is 13.0 Å². The van der Waals surface area contributed by atoms with Gasteiger partial charge in [0.2, 0.25) is 0 Å². The molecule has 54 valence electrons. The second-order valence-corrected chi connectivity index (χ2v) is 3.60. The highest BCUT2D eigenvalue weighted by Gasteiger charge is 2.44. The maximum absolute atomic E-state index is 5.77. The first-order chi connectivity index (χ1) is 4.09. The highest BCUT2D eigenvalue weighted by molar-refractivity contribution is 4.99. The molecule has 0 bridgehead atoms. The lowest BCUT2D eigenvalue weighted by atomic mass is 9.59. The fraction of sp³-hybridized carbons (Fsp3) is 1.00. The molecule has 1 rings (SSSR count). The number of nitrogens with two attached hydrogens (primary N) is 2. The van der Waals surface area contributed by atoms with E-state index < -0.39 is 0 Å². The summed E-state index contributed by atoms with van der Waals surface area (Å²) in [4.78, 5) is 0. The monoisotopic (exact) mass is 128 g/mol. The second-order valence-electron chi connectivity index (χ2n) is 3.60. The topological polar surface area (TPSA) is 52.0 Å². The Bertz CT molecular complexity index is 109. The lowest BCUT2D eigenvalue weighted by Crippen LogP contribution is -2.56. The van der Waals surface area contributed by atoms with Crippen LogP contribution in [0.5, 0.6) is 0 Å². The molecule has 0 aromatic heterocycles. The predicted molar refractivity (Wildman–Crippen MR) is 38.9 cm³/mol. The molecular weight excluding hydrogens is 112 g/mol. The van der Waals surface area contributed by atoms with Crippen LogP contribution >= 0.6 is 0 Å². The van der Waals surface area contributed by atoms with E-state index in [0.29, 0.717) is 17.4 Å². The largest absolute Gasteiger partial charge is 0.330 e. The summed E-state index contributed by atoms with van der Waals surface area (Å²) in [6.07, 6.45) is 1.11. The summed E-state index contributed by atoms with van der Waals surface area (Å²) in [5.74, 6) is 0.660. The molecule has 2 heteroatoms. The lowest BCUT2D eigenvalue weighted by molar-refractivity contribution is 0.0449. The lowest BCUT2D eigenvalue weighted by Gasteiger charge is -2.50. The van der Waals surface area contributed by atoms with E-state index in [9.17, 15) is 0 Å². The van der Waals surface area contributed by atoms with E-state index in [1.807, 2.05) is 0 Å². The van der Waals surface area contributed by atoms with Gasteiger partial charge in [-0.15, -0.1) is 0 Å². The highest BCUT2D eigenvalue weighted by Crippen LogP contribution is 2.43. The average molecular weight is 128 g/mol. The Hall–Kier alpha value is -0.0800. The van der Waals surface area contributed by atoms with Crippen molar-refractivity contribution >= 4 is 0 Å². The van der Waals surface area contributed by atoms with Gasteiger partial charge in [-0.1, -0.05) is 13.8 Å². The van der Waals surface area contributed by atoms with Crippen LogP contribution in [-0.4, -0.2) is 12.6 Å². The standard InChI is InChI=1S/C7H16N2/c1-7(2)5(4-8)3-6(7)9/h5-6H,3-4,8-9H2,1-2H3/t5-,6+/m0/s1. The minimum Gasteiger partial charge on any atom is -0.330 e. The van der Waals surface area contributed by atoms with Crippen molar-refractivity contribution in [3.63, 3.8) is 0 Å². The average Bonchev–Trinajstić information content (AvgIpc) is 1.82. The van der Waals surface area contributed by atoms with Crippen LogP contribution in [0.1, 0.15) is 20.3 Å². The quantitative estimate of drug-likeness (QED) is 0.534. The fourth-order valence-electron chi connectivity index (χ4n) is 1.46. The number of hydrogen-bond donors (Lipinski definition) is 2. The molecule has 1 aliphatic rings. The van der Waals surface area contributed by atoms with E-state index in [1.54, 1.807) is 0 Å². The van der Waals surface area contributed by atoms with Crippen LogP contribution in [0.3, 0.4) is 0 Å². The van der Waals surface area contributed by atoms with Gasteiger partial charge in [-0.25, -0.2) is 0 Å². The number of hydrogen-bond acceptors (Lipinski definition) is 2. The van der Waals surface area contributed by atoms with Gasteiger partial charge in [0.05, 0.1) is 0 Å². The third-order valence-electron chi connectivity index (χ3n) is 2.83. The van der Waals surface area contributed by atoms with Gasteiger partial charge in [-0.3, -0.25) is 0 Å². The van der Waals surface area contributed by atoms with Crippen LogP contribution in [0.2, 0.25) is 0 Å². The van der Waals surface area contributed by atoms with Crippen LogP contribution in [-0.2, 0) is 0 Å². The molecule has 1 fully saturated rings.